The van der Waals surface area contributed by atoms with E-state index in [1.165, 1.54) is 23.1 Å². The lowest BCUT2D eigenvalue weighted by atomic mass is 10.1. The smallest absolute Gasteiger partial charge is 0.272 e. The number of rotatable bonds is 7. The van der Waals surface area contributed by atoms with Gasteiger partial charge in [-0.05, 0) is 36.1 Å². The average Bonchev–Trinajstić information content (AvgIpc) is 3.25. The minimum absolute atomic E-state index is 0.0896. The van der Waals surface area contributed by atoms with Crippen molar-refractivity contribution in [3.05, 3.63) is 81.5 Å². The molecule has 0 bridgehead atoms. The molecule has 158 valence electrons. The molecule has 2 heterocycles. The lowest BCUT2D eigenvalue weighted by molar-refractivity contribution is -0.113. The van der Waals surface area contributed by atoms with Crippen molar-refractivity contribution >= 4 is 44.9 Å². The first kappa shape index (κ1) is 21.1. The molecule has 0 spiro atoms. The van der Waals surface area contributed by atoms with Gasteiger partial charge in [-0.2, -0.15) is 0 Å². The SMILES string of the molecule is COc1ccccc1NC(=O)CSc1nc2ccsc2c(=O)n1Cc1ccc(C)cc1. The van der Waals surface area contributed by atoms with Crippen molar-refractivity contribution in [2.75, 3.05) is 18.2 Å². The van der Waals surface area contributed by atoms with E-state index in [1.807, 2.05) is 54.8 Å². The minimum atomic E-state index is -0.198. The van der Waals surface area contributed by atoms with Crippen molar-refractivity contribution in [1.29, 1.82) is 0 Å². The van der Waals surface area contributed by atoms with Crippen LogP contribution in [0.1, 0.15) is 11.1 Å². The fourth-order valence-corrected chi connectivity index (χ4v) is 4.69. The molecule has 4 rings (SSSR count). The number of benzene rings is 2. The second kappa shape index (κ2) is 9.36. The number of nitrogens with one attached hydrogen (secondary N) is 1. The Labute approximate surface area is 187 Å². The fraction of sp³-hybridized carbons (Fsp3) is 0.174. The van der Waals surface area contributed by atoms with E-state index in [-0.39, 0.29) is 17.2 Å². The third-order valence-corrected chi connectivity index (χ3v) is 6.57. The maximum atomic E-state index is 13.1. The van der Waals surface area contributed by atoms with Crippen molar-refractivity contribution in [3.8, 4) is 5.75 Å². The molecular weight excluding hydrogens is 430 g/mol. The van der Waals surface area contributed by atoms with Gasteiger partial charge in [0.1, 0.15) is 10.4 Å². The van der Waals surface area contributed by atoms with Gasteiger partial charge >= 0.3 is 0 Å². The summed E-state index contributed by atoms with van der Waals surface area (Å²) in [4.78, 5) is 30.3. The normalized spacial score (nSPS) is 10.9. The molecule has 1 amide bonds. The van der Waals surface area contributed by atoms with Gasteiger partial charge in [-0.15, -0.1) is 11.3 Å². The number of para-hydroxylation sites is 2. The molecule has 0 unspecified atom stereocenters. The minimum Gasteiger partial charge on any atom is -0.495 e. The summed E-state index contributed by atoms with van der Waals surface area (Å²) >= 11 is 2.63. The number of thiophene rings is 1. The Hall–Kier alpha value is -3.10. The van der Waals surface area contributed by atoms with Gasteiger partial charge in [0.05, 0.1) is 30.6 Å². The lowest BCUT2D eigenvalue weighted by Gasteiger charge is -2.13. The van der Waals surface area contributed by atoms with Gasteiger partial charge < -0.3 is 10.1 Å². The van der Waals surface area contributed by atoms with Crippen molar-refractivity contribution in [3.63, 3.8) is 0 Å². The summed E-state index contributed by atoms with van der Waals surface area (Å²) in [6.45, 7) is 2.42. The van der Waals surface area contributed by atoms with Crippen LogP contribution >= 0.6 is 23.1 Å². The summed E-state index contributed by atoms with van der Waals surface area (Å²) in [6, 6.07) is 17.1. The molecule has 0 saturated heterocycles. The number of aryl methyl sites for hydroxylation is 1. The summed E-state index contributed by atoms with van der Waals surface area (Å²) in [5.41, 5.74) is 3.33. The topological polar surface area (TPSA) is 73.2 Å². The van der Waals surface area contributed by atoms with E-state index < -0.39 is 0 Å². The lowest BCUT2D eigenvalue weighted by Crippen LogP contribution is -2.24. The van der Waals surface area contributed by atoms with Crippen LogP contribution in [0.4, 0.5) is 5.69 Å². The highest BCUT2D eigenvalue weighted by atomic mass is 32.2. The summed E-state index contributed by atoms with van der Waals surface area (Å²) < 4.78 is 7.54. The van der Waals surface area contributed by atoms with Crippen LogP contribution in [0.5, 0.6) is 5.75 Å². The quantitative estimate of drug-likeness (QED) is 0.330. The number of aromatic nitrogens is 2. The second-order valence-corrected chi connectivity index (χ2v) is 8.80. The van der Waals surface area contributed by atoms with Gasteiger partial charge in [0.2, 0.25) is 5.91 Å². The number of hydrogen-bond acceptors (Lipinski definition) is 6. The van der Waals surface area contributed by atoms with Gasteiger partial charge in [0.15, 0.2) is 5.16 Å². The Morgan fingerprint density at radius 1 is 1.16 bits per heavy atom. The van der Waals surface area contributed by atoms with E-state index in [0.29, 0.717) is 33.4 Å². The largest absolute Gasteiger partial charge is 0.495 e. The maximum Gasteiger partial charge on any atom is 0.272 e. The highest BCUT2D eigenvalue weighted by Crippen LogP contribution is 2.25. The number of hydrogen-bond donors (Lipinski definition) is 1. The van der Waals surface area contributed by atoms with E-state index >= 15 is 0 Å². The molecule has 4 aromatic rings. The number of carbonyl (C=O) groups is 1. The first-order valence-corrected chi connectivity index (χ1v) is 11.5. The molecule has 6 nitrogen and oxygen atoms in total. The van der Waals surface area contributed by atoms with Gasteiger partial charge in [0, 0.05) is 0 Å². The van der Waals surface area contributed by atoms with Crippen molar-refractivity contribution in [2.24, 2.45) is 0 Å². The van der Waals surface area contributed by atoms with Crippen LogP contribution in [0.25, 0.3) is 10.2 Å². The summed E-state index contributed by atoms with van der Waals surface area (Å²) in [5, 5.41) is 5.24. The molecule has 0 fully saturated rings. The number of fused-ring (bicyclic) bond motifs is 1. The Bertz CT molecular complexity index is 1280. The molecule has 0 aliphatic carbocycles. The third-order valence-electron chi connectivity index (χ3n) is 4.71. The molecule has 0 aliphatic rings. The molecule has 1 N–H and O–H groups in total. The zero-order valence-corrected chi connectivity index (χ0v) is 18.8. The number of carbonyl (C=O) groups excluding carboxylic acids is 1. The fourth-order valence-electron chi connectivity index (χ4n) is 3.11. The summed E-state index contributed by atoms with van der Waals surface area (Å²) in [7, 11) is 1.56. The van der Waals surface area contributed by atoms with Crippen LogP contribution in [0.15, 0.2) is 69.9 Å². The predicted octanol–water partition coefficient (Wildman–Crippen LogP) is 4.55. The van der Waals surface area contributed by atoms with E-state index in [0.717, 1.165) is 11.1 Å². The van der Waals surface area contributed by atoms with Gasteiger partial charge in [-0.25, -0.2) is 4.98 Å². The molecule has 0 radical (unpaired) electrons. The van der Waals surface area contributed by atoms with Crippen LogP contribution in [-0.2, 0) is 11.3 Å². The van der Waals surface area contributed by atoms with E-state index in [4.69, 9.17) is 4.74 Å². The molecule has 0 atom stereocenters. The van der Waals surface area contributed by atoms with Crippen LogP contribution in [0.2, 0.25) is 0 Å². The zero-order chi connectivity index (χ0) is 21.8. The van der Waals surface area contributed by atoms with Crippen LogP contribution in [0, 0.1) is 6.92 Å². The first-order chi connectivity index (χ1) is 15.0. The molecule has 0 saturated carbocycles. The van der Waals surface area contributed by atoms with Crippen LogP contribution in [-0.4, -0.2) is 28.3 Å². The van der Waals surface area contributed by atoms with Gasteiger partial charge in [-0.3, -0.25) is 14.2 Å². The molecule has 2 aromatic heterocycles. The Balaban J connectivity index is 1.58. The number of ether oxygens (including phenoxy) is 1. The molecule has 8 heteroatoms. The first-order valence-electron chi connectivity index (χ1n) is 9.64. The van der Waals surface area contributed by atoms with Crippen molar-refractivity contribution in [2.45, 2.75) is 18.6 Å². The van der Waals surface area contributed by atoms with Crippen LogP contribution in [0.3, 0.4) is 0 Å². The Morgan fingerprint density at radius 3 is 2.71 bits per heavy atom. The van der Waals surface area contributed by atoms with Gasteiger partial charge in [-0.1, -0.05) is 53.7 Å². The monoisotopic (exact) mass is 451 g/mol. The van der Waals surface area contributed by atoms with E-state index in [1.54, 1.807) is 23.8 Å². The van der Waals surface area contributed by atoms with Crippen molar-refractivity contribution in [1.82, 2.24) is 9.55 Å². The second-order valence-electron chi connectivity index (χ2n) is 6.94. The highest BCUT2D eigenvalue weighted by molar-refractivity contribution is 7.99. The van der Waals surface area contributed by atoms with Crippen LogP contribution < -0.4 is 15.6 Å². The van der Waals surface area contributed by atoms with Crippen molar-refractivity contribution < 1.29 is 9.53 Å². The number of thioether (sulfide) groups is 1. The van der Waals surface area contributed by atoms with Gasteiger partial charge in [0.25, 0.3) is 5.56 Å². The highest BCUT2D eigenvalue weighted by Gasteiger charge is 2.15. The zero-order valence-electron chi connectivity index (χ0n) is 17.1. The molecule has 2 aromatic carbocycles. The molecule has 0 aliphatic heterocycles. The Kier molecular flexibility index (Phi) is 6.39. The average molecular weight is 452 g/mol. The molecular formula is C23H21N3O3S2. The summed E-state index contributed by atoms with van der Waals surface area (Å²) in [6.07, 6.45) is 0. The number of anilines is 1. The number of nitrogens with zero attached hydrogens (tertiary/aromatic N) is 2. The predicted molar refractivity (Wildman–Crippen MR) is 127 cm³/mol. The Morgan fingerprint density at radius 2 is 1.94 bits per heavy atom. The standard InChI is InChI=1S/C23H21N3O3S2/c1-15-7-9-16(10-8-15)13-26-22(28)21-18(11-12-30-21)25-23(26)31-14-20(27)24-17-5-3-4-6-19(17)29-2/h3-12H,13-14H2,1-2H3,(H,24,27). The van der Waals surface area contributed by atoms with E-state index in [2.05, 4.69) is 10.3 Å². The number of amides is 1. The maximum absolute atomic E-state index is 13.1. The van der Waals surface area contributed by atoms with E-state index in [9.17, 15) is 9.59 Å². The number of methoxy groups -OCH3 is 1. The molecule has 31 heavy (non-hydrogen) atoms. The third kappa shape index (κ3) is 4.81. The summed E-state index contributed by atoms with van der Waals surface area (Å²) in [5.74, 6) is 0.514.